The van der Waals surface area contributed by atoms with Crippen LogP contribution in [-0.4, -0.2) is 36.2 Å². The molecule has 0 aromatic rings. The molecule has 0 atom stereocenters. The zero-order valence-electron chi connectivity index (χ0n) is 12.1. The summed E-state index contributed by atoms with van der Waals surface area (Å²) < 4.78 is 0. The van der Waals surface area contributed by atoms with E-state index >= 15 is 0 Å². The van der Waals surface area contributed by atoms with E-state index in [0.717, 1.165) is 18.9 Å². The first-order valence-electron chi connectivity index (χ1n) is 7.70. The van der Waals surface area contributed by atoms with Gasteiger partial charge in [-0.3, -0.25) is 0 Å². The zero-order chi connectivity index (χ0) is 12.3. The van der Waals surface area contributed by atoms with Gasteiger partial charge >= 0.3 is 0 Å². The molecule has 0 bridgehead atoms. The molecule has 1 aliphatic rings. The summed E-state index contributed by atoms with van der Waals surface area (Å²) >= 11 is 0. The maximum absolute atomic E-state index is 8.81. The molecule has 0 unspecified atom stereocenters. The molecule has 2 nitrogen and oxygen atoms in total. The first-order chi connectivity index (χ1) is 8.36. The Bertz CT molecular complexity index is 167. The van der Waals surface area contributed by atoms with Gasteiger partial charge in [0.2, 0.25) is 0 Å². The van der Waals surface area contributed by atoms with Crippen LogP contribution in [0.3, 0.4) is 0 Å². The number of piperidine rings is 1. The Hall–Kier alpha value is 0.210. The molecule has 1 fully saturated rings. The van der Waals surface area contributed by atoms with Crippen LogP contribution in [0, 0.1) is 5.92 Å². The summed E-state index contributed by atoms with van der Waals surface area (Å²) in [5, 5.41) is 8.81. The number of halogens is 1. The molecule has 18 heavy (non-hydrogen) atoms. The van der Waals surface area contributed by atoms with Crippen LogP contribution in [0.25, 0.3) is 0 Å². The molecular formula is C15H32ClNO. The van der Waals surface area contributed by atoms with E-state index in [1.54, 1.807) is 0 Å². The Morgan fingerprint density at radius 1 is 1.00 bits per heavy atom. The lowest BCUT2D eigenvalue weighted by Crippen LogP contribution is -2.34. The standard InChI is InChI=1S/C15H31NO.ClH/c1-2-3-4-5-6-8-15-9-12-16(13-10-15)11-7-14-17;/h15,17H,2-14H2,1H3;1H. The van der Waals surface area contributed by atoms with Crippen LogP contribution in [0.1, 0.15) is 64.7 Å². The highest BCUT2D eigenvalue weighted by Crippen LogP contribution is 2.23. The quantitative estimate of drug-likeness (QED) is 0.647. The van der Waals surface area contributed by atoms with Crippen LogP contribution in [0.5, 0.6) is 0 Å². The third-order valence-electron chi connectivity index (χ3n) is 4.06. The van der Waals surface area contributed by atoms with E-state index in [0.29, 0.717) is 6.61 Å². The van der Waals surface area contributed by atoms with E-state index in [4.69, 9.17) is 5.11 Å². The molecule has 0 radical (unpaired) electrons. The number of likely N-dealkylation sites (tertiary alicyclic amines) is 1. The van der Waals surface area contributed by atoms with Crippen molar-refractivity contribution < 1.29 is 5.11 Å². The van der Waals surface area contributed by atoms with Gasteiger partial charge in [-0.05, 0) is 38.3 Å². The van der Waals surface area contributed by atoms with Gasteiger partial charge in [-0.15, -0.1) is 12.4 Å². The van der Waals surface area contributed by atoms with Crippen LogP contribution in [-0.2, 0) is 0 Å². The second-order valence-electron chi connectivity index (χ2n) is 5.57. The molecule has 0 spiro atoms. The van der Waals surface area contributed by atoms with Crippen LogP contribution in [0.4, 0.5) is 0 Å². The third kappa shape index (κ3) is 8.34. The summed E-state index contributed by atoms with van der Waals surface area (Å²) in [6, 6.07) is 0. The average Bonchev–Trinajstić information content (AvgIpc) is 2.37. The van der Waals surface area contributed by atoms with Gasteiger partial charge in [0, 0.05) is 13.2 Å². The van der Waals surface area contributed by atoms with Gasteiger partial charge in [-0.2, -0.15) is 0 Å². The molecule has 1 heterocycles. The molecule has 0 aromatic carbocycles. The molecule has 0 aliphatic carbocycles. The summed E-state index contributed by atoms with van der Waals surface area (Å²) in [7, 11) is 0. The number of hydrogen-bond donors (Lipinski definition) is 1. The highest BCUT2D eigenvalue weighted by Gasteiger charge is 2.17. The van der Waals surface area contributed by atoms with Crippen LogP contribution >= 0.6 is 12.4 Å². The Balaban J connectivity index is 0.00000289. The molecule has 1 N–H and O–H groups in total. The van der Waals surface area contributed by atoms with Gasteiger partial charge in [0.15, 0.2) is 0 Å². The number of aliphatic hydroxyl groups is 1. The summed E-state index contributed by atoms with van der Waals surface area (Å²) in [5.41, 5.74) is 0. The average molecular weight is 278 g/mol. The van der Waals surface area contributed by atoms with Gasteiger partial charge in [-0.25, -0.2) is 0 Å². The molecule has 0 amide bonds. The van der Waals surface area contributed by atoms with E-state index < -0.39 is 0 Å². The van der Waals surface area contributed by atoms with Crippen molar-refractivity contribution in [2.45, 2.75) is 64.7 Å². The maximum Gasteiger partial charge on any atom is 0.0443 e. The Kier molecular flexibility index (Phi) is 12.4. The van der Waals surface area contributed by atoms with E-state index in [9.17, 15) is 0 Å². The van der Waals surface area contributed by atoms with Crippen molar-refractivity contribution in [3.8, 4) is 0 Å². The monoisotopic (exact) mass is 277 g/mol. The fraction of sp³-hybridized carbons (Fsp3) is 1.00. The predicted molar refractivity (Wildman–Crippen MR) is 81.5 cm³/mol. The van der Waals surface area contributed by atoms with Crippen LogP contribution in [0.15, 0.2) is 0 Å². The summed E-state index contributed by atoms with van der Waals surface area (Å²) in [4.78, 5) is 2.52. The molecule has 0 aromatic heterocycles. The lowest BCUT2D eigenvalue weighted by atomic mass is 9.91. The first-order valence-corrected chi connectivity index (χ1v) is 7.70. The van der Waals surface area contributed by atoms with Crippen LogP contribution < -0.4 is 0 Å². The van der Waals surface area contributed by atoms with Crippen molar-refractivity contribution >= 4 is 12.4 Å². The third-order valence-corrected chi connectivity index (χ3v) is 4.06. The SMILES string of the molecule is CCCCCCCC1CCN(CCCO)CC1.Cl. The van der Waals surface area contributed by atoms with E-state index in [-0.39, 0.29) is 12.4 Å². The zero-order valence-corrected chi connectivity index (χ0v) is 12.9. The first kappa shape index (κ1) is 18.2. The van der Waals surface area contributed by atoms with Crippen molar-refractivity contribution in [2.75, 3.05) is 26.2 Å². The van der Waals surface area contributed by atoms with Gasteiger partial charge < -0.3 is 10.0 Å². The number of nitrogens with zero attached hydrogens (tertiary/aromatic N) is 1. The van der Waals surface area contributed by atoms with Gasteiger partial charge in [0.25, 0.3) is 0 Å². The topological polar surface area (TPSA) is 23.5 Å². The molecule has 110 valence electrons. The summed E-state index contributed by atoms with van der Waals surface area (Å²) in [6.07, 6.45) is 12.3. The lowest BCUT2D eigenvalue weighted by molar-refractivity contribution is 0.162. The Labute approximate surface area is 120 Å². The minimum absolute atomic E-state index is 0. The van der Waals surface area contributed by atoms with Crippen molar-refractivity contribution in [2.24, 2.45) is 5.92 Å². The van der Waals surface area contributed by atoms with Gasteiger partial charge in [-0.1, -0.05) is 45.4 Å². The largest absolute Gasteiger partial charge is 0.396 e. The fourth-order valence-corrected chi connectivity index (χ4v) is 2.83. The van der Waals surface area contributed by atoms with Crippen molar-refractivity contribution in [3.63, 3.8) is 0 Å². The van der Waals surface area contributed by atoms with E-state index in [1.165, 1.54) is 64.5 Å². The minimum atomic E-state index is 0. The Morgan fingerprint density at radius 2 is 1.67 bits per heavy atom. The maximum atomic E-state index is 8.81. The molecule has 3 heteroatoms. The van der Waals surface area contributed by atoms with E-state index in [1.807, 2.05) is 0 Å². The number of aliphatic hydroxyl groups excluding tert-OH is 1. The minimum Gasteiger partial charge on any atom is -0.396 e. The van der Waals surface area contributed by atoms with Crippen molar-refractivity contribution in [1.29, 1.82) is 0 Å². The summed E-state index contributed by atoms with van der Waals surface area (Å²) in [5.74, 6) is 0.988. The summed E-state index contributed by atoms with van der Waals surface area (Å²) in [6.45, 7) is 6.25. The van der Waals surface area contributed by atoms with Gasteiger partial charge in [0.1, 0.15) is 0 Å². The number of unbranched alkanes of at least 4 members (excludes halogenated alkanes) is 4. The highest BCUT2D eigenvalue weighted by atomic mass is 35.5. The van der Waals surface area contributed by atoms with Crippen molar-refractivity contribution in [1.82, 2.24) is 4.90 Å². The lowest BCUT2D eigenvalue weighted by Gasteiger charge is -2.31. The molecule has 1 saturated heterocycles. The molecule has 1 rings (SSSR count). The van der Waals surface area contributed by atoms with Crippen molar-refractivity contribution in [3.05, 3.63) is 0 Å². The molecular weight excluding hydrogens is 246 g/mol. The smallest absolute Gasteiger partial charge is 0.0443 e. The molecule has 1 aliphatic heterocycles. The van der Waals surface area contributed by atoms with Crippen LogP contribution in [0.2, 0.25) is 0 Å². The number of rotatable bonds is 9. The molecule has 0 saturated carbocycles. The Morgan fingerprint density at radius 3 is 2.28 bits per heavy atom. The van der Waals surface area contributed by atoms with Gasteiger partial charge in [0.05, 0.1) is 0 Å². The van der Waals surface area contributed by atoms with E-state index in [2.05, 4.69) is 11.8 Å². The number of hydrogen-bond acceptors (Lipinski definition) is 2. The second kappa shape index (κ2) is 12.3. The normalized spacial score (nSPS) is 17.7. The second-order valence-corrected chi connectivity index (χ2v) is 5.57. The predicted octanol–water partition coefficient (Wildman–Crippen LogP) is 3.86. The highest BCUT2D eigenvalue weighted by molar-refractivity contribution is 5.85. The fourth-order valence-electron chi connectivity index (χ4n) is 2.83.